The first-order valence-corrected chi connectivity index (χ1v) is 10.9. The Hall–Kier alpha value is -2.03. The van der Waals surface area contributed by atoms with E-state index in [1.54, 1.807) is 32.0 Å². The van der Waals surface area contributed by atoms with E-state index in [-0.39, 0.29) is 16.6 Å². The Morgan fingerprint density at radius 1 is 1.07 bits per heavy atom. The summed E-state index contributed by atoms with van der Waals surface area (Å²) < 4.78 is 27.0. The molecule has 0 saturated heterocycles. The van der Waals surface area contributed by atoms with Crippen molar-refractivity contribution in [3.05, 3.63) is 45.1 Å². The molecule has 0 atom stereocenters. The second-order valence-electron chi connectivity index (χ2n) is 6.18. The number of rotatable bonds is 7. The molecule has 6 nitrogen and oxygen atoms in total. The molecule has 146 valence electrons. The zero-order valence-corrected chi connectivity index (χ0v) is 17.8. The fourth-order valence-electron chi connectivity index (χ4n) is 2.65. The molecule has 1 aromatic carbocycles. The minimum Gasteiger partial charge on any atom is -0.321 e. The largest absolute Gasteiger partial charge is 0.321 e. The number of nitrogens with zero attached hydrogens (tertiary/aromatic N) is 1. The van der Waals surface area contributed by atoms with Gasteiger partial charge < -0.3 is 5.32 Å². The van der Waals surface area contributed by atoms with Gasteiger partial charge in [-0.2, -0.15) is 4.31 Å². The highest BCUT2D eigenvalue weighted by Crippen LogP contribution is 2.27. The first-order chi connectivity index (χ1) is 12.6. The highest BCUT2D eigenvalue weighted by atomic mass is 32.2. The Morgan fingerprint density at radius 2 is 1.67 bits per heavy atom. The predicted molar refractivity (Wildman–Crippen MR) is 108 cm³/mol. The van der Waals surface area contributed by atoms with Crippen LogP contribution in [0.3, 0.4) is 0 Å². The molecule has 0 aliphatic carbocycles. The van der Waals surface area contributed by atoms with Gasteiger partial charge in [-0.1, -0.05) is 13.8 Å². The number of nitrogens with one attached hydrogen (secondary N) is 1. The number of amides is 1. The summed E-state index contributed by atoms with van der Waals surface area (Å²) in [6.45, 7) is 9.40. The molecular formula is C19H24N2O4S2. The number of anilines is 1. The van der Waals surface area contributed by atoms with Gasteiger partial charge in [0.15, 0.2) is 5.78 Å². The molecule has 0 unspecified atom stereocenters. The molecule has 1 aromatic heterocycles. The van der Waals surface area contributed by atoms with Gasteiger partial charge in [-0.3, -0.25) is 9.59 Å². The Morgan fingerprint density at radius 3 is 2.19 bits per heavy atom. The fourth-order valence-corrected chi connectivity index (χ4v) is 5.02. The van der Waals surface area contributed by atoms with Gasteiger partial charge >= 0.3 is 0 Å². The molecule has 0 fully saturated rings. The molecule has 2 aromatic rings. The maximum Gasteiger partial charge on any atom is 0.265 e. The van der Waals surface area contributed by atoms with Crippen LogP contribution in [0, 0.1) is 13.8 Å². The van der Waals surface area contributed by atoms with E-state index in [9.17, 15) is 18.0 Å². The summed E-state index contributed by atoms with van der Waals surface area (Å²) in [6.07, 6.45) is 0. The second kappa shape index (κ2) is 8.33. The zero-order valence-electron chi connectivity index (χ0n) is 16.1. The van der Waals surface area contributed by atoms with Crippen LogP contribution in [0.1, 0.15) is 51.2 Å². The van der Waals surface area contributed by atoms with Gasteiger partial charge in [0.2, 0.25) is 10.0 Å². The van der Waals surface area contributed by atoms with E-state index in [1.165, 1.54) is 17.3 Å². The quantitative estimate of drug-likeness (QED) is 0.705. The van der Waals surface area contributed by atoms with Crippen LogP contribution in [-0.2, 0) is 10.0 Å². The van der Waals surface area contributed by atoms with Crippen molar-refractivity contribution in [2.45, 2.75) is 39.5 Å². The van der Waals surface area contributed by atoms with E-state index < -0.39 is 10.0 Å². The molecule has 0 bridgehead atoms. The average molecular weight is 409 g/mol. The van der Waals surface area contributed by atoms with Crippen molar-refractivity contribution >= 4 is 38.7 Å². The number of hydrogen-bond acceptors (Lipinski definition) is 5. The van der Waals surface area contributed by atoms with Crippen LogP contribution in [0.4, 0.5) is 5.69 Å². The zero-order chi connectivity index (χ0) is 20.4. The number of benzene rings is 1. The van der Waals surface area contributed by atoms with Gasteiger partial charge in [0.1, 0.15) is 0 Å². The second-order valence-corrected chi connectivity index (χ2v) is 9.20. The number of carbonyl (C=O) groups is 2. The molecule has 0 aliphatic rings. The molecule has 2 rings (SSSR count). The lowest BCUT2D eigenvalue weighted by Crippen LogP contribution is -2.30. The lowest BCUT2D eigenvalue weighted by atomic mass is 10.1. The summed E-state index contributed by atoms with van der Waals surface area (Å²) >= 11 is 1.11. The average Bonchev–Trinajstić information content (AvgIpc) is 3.10. The minimum absolute atomic E-state index is 0.0987. The summed E-state index contributed by atoms with van der Waals surface area (Å²) in [5.41, 5.74) is 2.02. The van der Waals surface area contributed by atoms with Gasteiger partial charge in [-0.25, -0.2) is 8.42 Å². The maximum atomic E-state index is 12.8. The van der Waals surface area contributed by atoms with E-state index in [0.717, 1.165) is 22.5 Å². The van der Waals surface area contributed by atoms with E-state index >= 15 is 0 Å². The highest BCUT2D eigenvalue weighted by molar-refractivity contribution is 7.89. The van der Waals surface area contributed by atoms with E-state index in [0.29, 0.717) is 28.5 Å². The van der Waals surface area contributed by atoms with Crippen molar-refractivity contribution in [3.8, 4) is 0 Å². The maximum absolute atomic E-state index is 12.8. The van der Waals surface area contributed by atoms with Gasteiger partial charge in [-0.15, -0.1) is 11.3 Å². The van der Waals surface area contributed by atoms with Crippen LogP contribution in [0.15, 0.2) is 29.2 Å². The van der Waals surface area contributed by atoms with Crippen molar-refractivity contribution < 1.29 is 18.0 Å². The molecular weight excluding hydrogens is 384 g/mol. The summed E-state index contributed by atoms with van der Waals surface area (Å²) in [7, 11) is -3.63. The summed E-state index contributed by atoms with van der Waals surface area (Å²) in [6, 6.07) is 6.32. The van der Waals surface area contributed by atoms with Gasteiger partial charge in [0.25, 0.3) is 5.91 Å². The Balaban J connectivity index is 2.41. The lowest BCUT2D eigenvalue weighted by Gasteiger charge is -2.20. The number of aryl methyl sites for hydroxylation is 1. The Bertz CT molecular complexity index is 974. The Kier molecular flexibility index (Phi) is 6.56. The number of ketones is 1. The van der Waals surface area contributed by atoms with Gasteiger partial charge in [0.05, 0.1) is 14.6 Å². The molecule has 0 saturated carbocycles. The van der Waals surface area contributed by atoms with Crippen LogP contribution in [0.2, 0.25) is 0 Å². The first-order valence-electron chi connectivity index (χ1n) is 8.65. The van der Waals surface area contributed by atoms with Crippen molar-refractivity contribution in [3.63, 3.8) is 0 Å². The van der Waals surface area contributed by atoms with E-state index in [1.807, 2.05) is 13.8 Å². The molecule has 0 radical (unpaired) electrons. The molecule has 1 N–H and O–H groups in total. The number of Topliss-reactive ketones (excluding diaryl/α,β-unsaturated/α-hetero) is 1. The van der Waals surface area contributed by atoms with Crippen molar-refractivity contribution in [1.82, 2.24) is 4.31 Å². The number of hydrogen-bond donors (Lipinski definition) is 1. The van der Waals surface area contributed by atoms with Crippen LogP contribution < -0.4 is 5.32 Å². The molecule has 1 heterocycles. The van der Waals surface area contributed by atoms with Crippen LogP contribution >= 0.6 is 11.3 Å². The van der Waals surface area contributed by atoms with E-state index in [4.69, 9.17) is 0 Å². The molecule has 0 aliphatic heterocycles. The van der Waals surface area contributed by atoms with E-state index in [2.05, 4.69) is 5.32 Å². The fraction of sp³-hybridized carbons (Fsp3) is 0.368. The third-order valence-corrected chi connectivity index (χ3v) is 7.62. The molecule has 8 heteroatoms. The van der Waals surface area contributed by atoms with Crippen molar-refractivity contribution in [2.75, 3.05) is 18.4 Å². The van der Waals surface area contributed by atoms with Crippen LogP contribution in [0.25, 0.3) is 0 Å². The van der Waals surface area contributed by atoms with Crippen molar-refractivity contribution in [2.24, 2.45) is 0 Å². The van der Waals surface area contributed by atoms with Gasteiger partial charge in [-0.05, 0) is 56.2 Å². The molecule has 27 heavy (non-hydrogen) atoms. The molecule has 0 spiro atoms. The normalized spacial score (nSPS) is 11.6. The highest BCUT2D eigenvalue weighted by Gasteiger charge is 2.24. The number of carbonyl (C=O) groups excluding carboxylic acids is 2. The third-order valence-electron chi connectivity index (χ3n) is 4.41. The summed E-state index contributed by atoms with van der Waals surface area (Å²) in [5, 5.41) is 2.78. The predicted octanol–water partition coefficient (Wildman–Crippen LogP) is 3.85. The summed E-state index contributed by atoms with van der Waals surface area (Å²) in [4.78, 5) is 25.0. The standard InChI is InChI=1S/C19H24N2O4S2/c1-6-21(7-2)27(24,25)15-10-12(3)13(4)16(11-15)20-19(23)18-9-8-17(26-18)14(5)22/h8-11H,6-7H2,1-5H3,(H,20,23). The molecule has 1 amide bonds. The van der Waals surface area contributed by atoms with Gasteiger partial charge in [0, 0.05) is 18.8 Å². The first kappa shape index (κ1) is 21.3. The van der Waals surface area contributed by atoms with Crippen LogP contribution in [-0.4, -0.2) is 37.5 Å². The third kappa shape index (κ3) is 4.45. The SMILES string of the molecule is CCN(CC)S(=O)(=O)c1cc(C)c(C)c(NC(=O)c2ccc(C(C)=O)s2)c1. The monoisotopic (exact) mass is 408 g/mol. The number of thiophene rings is 1. The lowest BCUT2D eigenvalue weighted by molar-refractivity contribution is 0.101. The topological polar surface area (TPSA) is 83.6 Å². The van der Waals surface area contributed by atoms with Crippen LogP contribution in [0.5, 0.6) is 0 Å². The van der Waals surface area contributed by atoms with Crippen molar-refractivity contribution in [1.29, 1.82) is 0 Å². The Labute approximate surface area is 164 Å². The smallest absolute Gasteiger partial charge is 0.265 e. The number of sulfonamides is 1. The minimum atomic E-state index is -3.63. The summed E-state index contributed by atoms with van der Waals surface area (Å²) in [5.74, 6) is -0.467.